The first-order chi connectivity index (χ1) is 38.0. The maximum absolute atomic E-state index is 14.2. The molecule has 2 aliphatic heterocycles. The second kappa shape index (κ2) is 27.3. The highest BCUT2D eigenvalue weighted by Crippen LogP contribution is 2.43. The Morgan fingerprint density at radius 2 is 1.58 bits per heavy atom. The van der Waals surface area contributed by atoms with Crippen LogP contribution in [0.25, 0.3) is 22.3 Å². The lowest BCUT2D eigenvalue weighted by Crippen LogP contribution is -2.47. The van der Waals surface area contributed by atoms with Crippen molar-refractivity contribution in [3.05, 3.63) is 109 Å². The number of aryl methyl sites for hydroxylation is 3. The van der Waals surface area contributed by atoms with Crippen molar-refractivity contribution < 1.29 is 66.5 Å². The number of carbonyl (C=O) groups excluding carboxylic acids is 4. The van der Waals surface area contributed by atoms with Crippen molar-refractivity contribution in [3.8, 4) is 28.6 Å². The first-order valence-corrected chi connectivity index (χ1v) is 26.5. The van der Waals surface area contributed by atoms with Gasteiger partial charge in [0, 0.05) is 41.0 Å². The van der Waals surface area contributed by atoms with Gasteiger partial charge in [0.2, 0.25) is 5.60 Å². The van der Waals surface area contributed by atoms with Gasteiger partial charge in [-0.3, -0.25) is 14.7 Å². The molecule has 0 radical (unpaired) electrons. The number of pyridine rings is 2. The number of hydrogen-bond acceptors (Lipinski definition) is 20. The molecular formula is C57H71N7O15. The zero-order valence-corrected chi connectivity index (χ0v) is 46.3. The van der Waals surface area contributed by atoms with Crippen LogP contribution in [0.15, 0.2) is 64.3 Å². The topological polar surface area (TPSA) is 272 Å². The SMILES string of the molecule is CCc1c2c(nc3ccc(OC(=O)OC(C)(C)C)cc13)-c1cc3c(c(=O)n1C2)COC(=O)C3(CC)OC(=O)CCOCCOCCOCCN/C=C(/CCCOc1cc(OCCCc2c(C)n[nH]c2C)cc(C(=O)OC)c1)N=N. The van der Waals surface area contributed by atoms with Crippen LogP contribution in [0, 0.1) is 19.4 Å². The van der Waals surface area contributed by atoms with E-state index in [9.17, 15) is 24.0 Å². The lowest BCUT2D eigenvalue weighted by atomic mass is 9.85. The van der Waals surface area contributed by atoms with E-state index in [1.807, 2.05) is 20.8 Å². The van der Waals surface area contributed by atoms with Gasteiger partial charge in [-0.05, 0) is 121 Å². The van der Waals surface area contributed by atoms with E-state index in [2.05, 4.69) is 20.6 Å². The number of rotatable bonds is 29. The molecule has 2 aromatic carbocycles. The van der Waals surface area contributed by atoms with Gasteiger partial charge in [0.25, 0.3) is 5.56 Å². The van der Waals surface area contributed by atoms with Gasteiger partial charge in [0.1, 0.15) is 29.5 Å². The summed E-state index contributed by atoms with van der Waals surface area (Å²) < 4.78 is 57.6. The van der Waals surface area contributed by atoms with E-state index < -0.39 is 35.3 Å². The second-order valence-electron chi connectivity index (χ2n) is 19.9. The van der Waals surface area contributed by atoms with Crippen LogP contribution in [0.3, 0.4) is 0 Å². The predicted molar refractivity (Wildman–Crippen MR) is 287 cm³/mol. The van der Waals surface area contributed by atoms with Crippen LogP contribution >= 0.6 is 0 Å². The van der Waals surface area contributed by atoms with Crippen LogP contribution in [0.1, 0.15) is 116 Å². The second-order valence-corrected chi connectivity index (χ2v) is 19.9. The number of esters is 3. The van der Waals surface area contributed by atoms with Crippen LogP contribution in [0.5, 0.6) is 17.2 Å². The van der Waals surface area contributed by atoms with Crippen molar-refractivity contribution in [2.75, 3.05) is 66.5 Å². The molecule has 0 saturated carbocycles. The Labute approximate surface area is 458 Å². The summed E-state index contributed by atoms with van der Waals surface area (Å²) >= 11 is 0. The van der Waals surface area contributed by atoms with Gasteiger partial charge in [-0.1, -0.05) is 13.8 Å². The zero-order valence-electron chi connectivity index (χ0n) is 46.3. The molecule has 0 aliphatic carbocycles. The van der Waals surface area contributed by atoms with Crippen LogP contribution in [-0.2, 0) is 74.3 Å². The van der Waals surface area contributed by atoms with Gasteiger partial charge in [0.05, 0.1) is 112 Å². The summed E-state index contributed by atoms with van der Waals surface area (Å²) in [6.07, 6.45) is 3.86. The summed E-state index contributed by atoms with van der Waals surface area (Å²) in [4.78, 5) is 70.9. The number of methoxy groups -OCH3 is 1. The van der Waals surface area contributed by atoms with E-state index in [1.54, 1.807) is 80.9 Å². The van der Waals surface area contributed by atoms with Gasteiger partial charge >= 0.3 is 24.1 Å². The maximum atomic E-state index is 14.2. The van der Waals surface area contributed by atoms with Crippen molar-refractivity contribution in [3.63, 3.8) is 0 Å². The van der Waals surface area contributed by atoms with Gasteiger partial charge in [0.15, 0.2) is 0 Å². The fourth-order valence-electron chi connectivity index (χ4n) is 9.36. The largest absolute Gasteiger partial charge is 0.514 e. The van der Waals surface area contributed by atoms with E-state index in [1.165, 1.54) is 12.7 Å². The minimum absolute atomic E-state index is 0.00366. The third kappa shape index (κ3) is 14.9. The Kier molecular flexibility index (Phi) is 20.4. The number of cyclic esters (lactones) is 1. The van der Waals surface area contributed by atoms with Gasteiger partial charge in [-0.15, -0.1) is 0 Å². The minimum Gasteiger partial charge on any atom is -0.493 e. The fourth-order valence-corrected chi connectivity index (χ4v) is 9.36. The first kappa shape index (κ1) is 59.0. The molecule has 1 unspecified atom stereocenters. The van der Waals surface area contributed by atoms with Crippen molar-refractivity contribution in [2.24, 2.45) is 5.11 Å². The average molecular weight is 1090 g/mol. The number of aromatic amines is 1. The van der Waals surface area contributed by atoms with Gasteiger partial charge in [-0.2, -0.15) is 10.2 Å². The number of aromatic nitrogens is 4. The fraction of sp³-hybridized carbons (Fsp3) is 0.491. The van der Waals surface area contributed by atoms with Crippen molar-refractivity contribution >= 4 is 35.0 Å². The quantitative estimate of drug-likeness (QED) is 0.0131. The normalized spacial score (nSPS) is 14.7. The maximum Gasteiger partial charge on any atom is 0.514 e. The molecule has 0 fully saturated rings. The molecule has 0 bridgehead atoms. The smallest absolute Gasteiger partial charge is 0.493 e. The minimum atomic E-state index is -1.86. The van der Waals surface area contributed by atoms with Crippen molar-refractivity contribution in [2.45, 2.75) is 118 Å². The molecule has 0 spiro atoms. The van der Waals surface area contributed by atoms with Crippen LogP contribution in [0.2, 0.25) is 0 Å². The Hall–Kier alpha value is -7.69. The summed E-state index contributed by atoms with van der Waals surface area (Å²) in [5.41, 5.74) is 12.5. The molecule has 7 rings (SSSR count). The molecule has 2 aliphatic rings. The molecule has 79 heavy (non-hydrogen) atoms. The van der Waals surface area contributed by atoms with Crippen LogP contribution < -0.4 is 25.1 Å². The highest BCUT2D eigenvalue weighted by atomic mass is 16.7. The Morgan fingerprint density at radius 1 is 0.873 bits per heavy atom. The monoisotopic (exact) mass is 1090 g/mol. The highest BCUT2D eigenvalue weighted by Gasteiger charge is 2.50. The number of nitrogens with zero attached hydrogens (tertiary/aromatic N) is 4. The Bertz CT molecular complexity index is 3090. The molecular weight excluding hydrogens is 1020 g/mol. The first-order valence-electron chi connectivity index (χ1n) is 26.5. The molecule has 0 amide bonds. The third-order valence-corrected chi connectivity index (χ3v) is 13.2. The number of benzene rings is 2. The lowest BCUT2D eigenvalue weighted by molar-refractivity contribution is -0.190. The number of ether oxygens (including phenoxy) is 10. The average Bonchev–Trinajstić information content (AvgIpc) is 4.19. The number of allylic oxidation sites excluding steroid dienone is 1. The van der Waals surface area contributed by atoms with E-state index in [0.29, 0.717) is 98.5 Å². The van der Waals surface area contributed by atoms with E-state index in [0.717, 1.165) is 40.7 Å². The molecule has 3 aromatic heterocycles. The summed E-state index contributed by atoms with van der Waals surface area (Å²) in [6, 6.07) is 11.8. The molecule has 22 heteroatoms. The van der Waals surface area contributed by atoms with E-state index in [-0.39, 0.29) is 68.2 Å². The summed E-state index contributed by atoms with van der Waals surface area (Å²) in [6.45, 7) is 15.5. The van der Waals surface area contributed by atoms with Gasteiger partial charge < -0.3 is 57.3 Å². The van der Waals surface area contributed by atoms with E-state index >= 15 is 0 Å². The molecule has 5 heterocycles. The predicted octanol–water partition coefficient (Wildman–Crippen LogP) is 8.41. The highest BCUT2D eigenvalue weighted by molar-refractivity contribution is 5.91. The summed E-state index contributed by atoms with van der Waals surface area (Å²) in [5, 5.41) is 14.7. The molecule has 3 N–H and O–H groups in total. The Morgan fingerprint density at radius 3 is 2.24 bits per heavy atom. The number of fused-ring (bicyclic) bond motifs is 5. The van der Waals surface area contributed by atoms with E-state index in [4.69, 9.17) is 57.9 Å². The zero-order chi connectivity index (χ0) is 56.7. The number of carbonyl (C=O) groups is 4. The van der Waals surface area contributed by atoms with Crippen LogP contribution in [0.4, 0.5) is 4.79 Å². The Balaban J connectivity index is 0.796. The standard InChI is InChI=1S/C57H71N7O15/c1-9-42-44-30-39(77-55(69)79-56(5,6)7)15-16-48(44)60-51-45(42)33-64-49(51)31-47-46(52(64)66)34-76-54(68)57(47,10-2)78-50(65)17-21-71-23-25-73-26-24-72-22-18-59-32-38(61-58)13-11-19-74-40-27-37(53(67)70-8)28-41(29-40)75-20-12-14-43-35(3)62-63-36(43)4/h15-16,27-32,58-59H,9-14,17-26,33-34H2,1-8H3,(H,62,63)/b38-32-,61-58?. The number of hydrogen-bond donors (Lipinski definition) is 3. The van der Waals surface area contributed by atoms with Crippen LogP contribution in [-0.4, -0.2) is 116 Å². The third-order valence-electron chi connectivity index (χ3n) is 13.2. The van der Waals surface area contributed by atoms with Gasteiger partial charge in [-0.25, -0.2) is 24.9 Å². The van der Waals surface area contributed by atoms with Crippen molar-refractivity contribution in [1.29, 1.82) is 5.53 Å². The molecule has 1 atom stereocenters. The number of nitrogens with one attached hydrogen (secondary N) is 3. The molecule has 0 saturated heterocycles. The summed E-state index contributed by atoms with van der Waals surface area (Å²) in [5.74, 6) is -0.729. The lowest BCUT2D eigenvalue weighted by Gasteiger charge is -2.35. The summed E-state index contributed by atoms with van der Waals surface area (Å²) in [7, 11) is 1.32. The molecule has 424 valence electrons. The number of H-pyrrole nitrogens is 1. The molecule has 22 nitrogen and oxygen atoms in total. The van der Waals surface area contributed by atoms with Crippen molar-refractivity contribution in [1.82, 2.24) is 25.1 Å². The molecule has 5 aromatic rings.